The number of alkyl halides is 3. The highest BCUT2D eigenvalue weighted by atomic mass is 79.9. The SMILES string of the molecule is FC(F)(F)c1nn(CCCNC(=S)Nc2cccc(Cl)c2)c(C2CC2)c1Br. The minimum Gasteiger partial charge on any atom is -0.362 e. The second-order valence-corrected chi connectivity index (χ2v) is 7.93. The summed E-state index contributed by atoms with van der Waals surface area (Å²) in [6, 6.07) is 7.15. The van der Waals surface area contributed by atoms with Crippen molar-refractivity contribution in [2.75, 3.05) is 11.9 Å². The third kappa shape index (κ3) is 5.36. The summed E-state index contributed by atoms with van der Waals surface area (Å²) >= 11 is 14.2. The maximum absolute atomic E-state index is 13.1. The second kappa shape index (κ2) is 8.36. The van der Waals surface area contributed by atoms with E-state index in [1.807, 2.05) is 6.07 Å². The van der Waals surface area contributed by atoms with Crippen LogP contribution in [0.15, 0.2) is 28.7 Å². The van der Waals surface area contributed by atoms with E-state index in [0.717, 1.165) is 18.5 Å². The van der Waals surface area contributed by atoms with E-state index >= 15 is 0 Å². The molecule has 1 heterocycles. The Balaban J connectivity index is 1.54. The van der Waals surface area contributed by atoms with Gasteiger partial charge in [-0.1, -0.05) is 17.7 Å². The van der Waals surface area contributed by atoms with Gasteiger partial charge in [-0.25, -0.2) is 0 Å². The van der Waals surface area contributed by atoms with Crippen LogP contribution < -0.4 is 10.6 Å². The number of thiocarbonyl (C=S) groups is 1. The normalized spacial score (nSPS) is 14.3. The molecule has 0 spiro atoms. The molecule has 0 bridgehead atoms. The van der Waals surface area contributed by atoms with Gasteiger partial charge in [-0.15, -0.1) is 0 Å². The molecule has 146 valence electrons. The van der Waals surface area contributed by atoms with Crippen LogP contribution in [0, 0.1) is 0 Å². The Morgan fingerprint density at radius 1 is 1.37 bits per heavy atom. The Labute approximate surface area is 173 Å². The van der Waals surface area contributed by atoms with Crippen molar-refractivity contribution >= 4 is 50.5 Å². The van der Waals surface area contributed by atoms with Gasteiger partial charge in [0.2, 0.25) is 0 Å². The van der Waals surface area contributed by atoms with E-state index in [1.165, 1.54) is 4.68 Å². The zero-order chi connectivity index (χ0) is 19.6. The van der Waals surface area contributed by atoms with Crippen LogP contribution in [0.4, 0.5) is 18.9 Å². The van der Waals surface area contributed by atoms with Crippen molar-refractivity contribution in [3.05, 3.63) is 45.1 Å². The first kappa shape index (κ1) is 20.4. The predicted molar refractivity (Wildman–Crippen MR) is 107 cm³/mol. The number of aryl methyl sites for hydroxylation is 1. The summed E-state index contributed by atoms with van der Waals surface area (Å²) in [4.78, 5) is 0. The molecule has 1 saturated carbocycles. The Bertz CT molecular complexity index is 836. The van der Waals surface area contributed by atoms with Gasteiger partial charge in [0.1, 0.15) is 0 Å². The van der Waals surface area contributed by atoms with Crippen molar-refractivity contribution in [3.63, 3.8) is 0 Å². The Morgan fingerprint density at radius 2 is 2.11 bits per heavy atom. The lowest BCUT2D eigenvalue weighted by Gasteiger charge is -2.11. The lowest BCUT2D eigenvalue weighted by molar-refractivity contribution is -0.142. The molecule has 4 nitrogen and oxygen atoms in total. The van der Waals surface area contributed by atoms with Crippen LogP contribution in [0.3, 0.4) is 0 Å². The van der Waals surface area contributed by atoms with Crippen molar-refractivity contribution < 1.29 is 13.2 Å². The van der Waals surface area contributed by atoms with Crippen LogP contribution >= 0.6 is 39.7 Å². The molecule has 0 saturated heterocycles. The van der Waals surface area contributed by atoms with Gasteiger partial charge in [-0.3, -0.25) is 4.68 Å². The molecule has 1 fully saturated rings. The molecule has 1 aromatic heterocycles. The molecule has 0 amide bonds. The summed E-state index contributed by atoms with van der Waals surface area (Å²) in [6.07, 6.45) is -2.09. The Morgan fingerprint density at radius 3 is 2.74 bits per heavy atom. The number of aromatic nitrogens is 2. The van der Waals surface area contributed by atoms with Crippen molar-refractivity contribution in [1.82, 2.24) is 15.1 Å². The number of benzene rings is 1. The van der Waals surface area contributed by atoms with Gasteiger partial charge in [0, 0.05) is 29.7 Å². The molecule has 0 unspecified atom stereocenters. The van der Waals surface area contributed by atoms with E-state index in [0.29, 0.717) is 35.3 Å². The quantitative estimate of drug-likeness (QED) is 0.418. The lowest BCUT2D eigenvalue weighted by atomic mass is 10.2. The topological polar surface area (TPSA) is 41.9 Å². The van der Waals surface area contributed by atoms with E-state index in [2.05, 4.69) is 31.7 Å². The Hall–Kier alpha value is -1.32. The molecule has 1 aliphatic carbocycles. The number of nitrogens with one attached hydrogen (secondary N) is 2. The first-order valence-corrected chi connectivity index (χ1v) is 9.97. The minimum atomic E-state index is -4.46. The fraction of sp³-hybridized carbons (Fsp3) is 0.412. The predicted octanol–water partition coefficient (Wildman–Crippen LogP) is 5.57. The zero-order valence-corrected chi connectivity index (χ0v) is 17.3. The van der Waals surface area contributed by atoms with Gasteiger partial charge in [0.15, 0.2) is 10.8 Å². The molecular weight excluding hydrogens is 465 g/mol. The van der Waals surface area contributed by atoms with Gasteiger partial charge in [0.05, 0.1) is 10.2 Å². The smallest absolute Gasteiger partial charge is 0.362 e. The van der Waals surface area contributed by atoms with Crippen LogP contribution in [0.5, 0.6) is 0 Å². The summed E-state index contributed by atoms with van der Waals surface area (Å²) < 4.78 is 40.9. The zero-order valence-electron chi connectivity index (χ0n) is 14.1. The van der Waals surface area contributed by atoms with Crippen molar-refractivity contribution in [2.24, 2.45) is 0 Å². The number of anilines is 1. The van der Waals surface area contributed by atoms with Crippen LogP contribution in [0.25, 0.3) is 0 Å². The molecule has 0 atom stereocenters. The molecule has 0 radical (unpaired) electrons. The largest absolute Gasteiger partial charge is 0.436 e. The van der Waals surface area contributed by atoms with E-state index < -0.39 is 11.9 Å². The molecule has 3 rings (SSSR count). The van der Waals surface area contributed by atoms with E-state index in [1.54, 1.807) is 18.2 Å². The van der Waals surface area contributed by atoms with E-state index in [9.17, 15) is 13.2 Å². The average molecular weight is 482 g/mol. The van der Waals surface area contributed by atoms with Gasteiger partial charge in [-0.2, -0.15) is 18.3 Å². The number of halogens is 5. The van der Waals surface area contributed by atoms with Crippen molar-refractivity contribution in [3.8, 4) is 0 Å². The van der Waals surface area contributed by atoms with Crippen molar-refractivity contribution in [1.29, 1.82) is 0 Å². The number of rotatable bonds is 6. The molecule has 27 heavy (non-hydrogen) atoms. The third-order valence-electron chi connectivity index (χ3n) is 4.08. The first-order chi connectivity index (χ1) is 12.8. The average Bonchev–Trinajstić information content (AvgIpc) is 3.34. The summed E-state index contributed by atoms with van der Waals surface area (Å²) in [7, 11) is 0. The second-order valence-electron chi connectivity index (χ2n) is 6.29. The first-order valence-electron chi connectivity index (χ1n) is 8.39. The molecule has 2 N–H and O–H groups in total. The fourth-order valence-electron chi connectivity index (χ4n) is 2.72. The van der Waals surface area contributed by atoms with Crippen molar-refractivity contribution in [2.45, 2.75) is 37.9 Å². The van der Waals surface area contributed by atoms with E-state index in [-0.39, 0.29) is 10.4 Å². The molecule has 10 heteroatoms. The summed E-state index contributed by atoms with van der Waals surface area (Å²) in [6.45, 7) is 0.891. The third-order valence-corrected chi connectivity index (χ3v) is 5.34. The summed E-state index contributed by atoms with van der Waals surface area (Å²) in [5, 5.41) is 10.9. The minimum absolute atomic E-state index is 0.0728. The lowest BCUT2D eigenvalue weighted by Crippen LogP contribution is -2.29. The van der Waals surface area contributed by atoms with Gasteiger partial charge >= 0.3 is 6.18 Å². The van der Waals surface area contributed by atoms with Gasteiger partial charge < -0.3 is 10.6 Å². The van der Waals surface area contributed by atoms with Crippen LogP contribution in [0.1, 0.15) is 36.6 Å². The maximum atomic E-state index is 13.1. The van der Waals surface area contributed by atoms with Crippen LogP contribution in [0.2, 0.25) is 5.02 Å². The molecule has 0 aliphatic heterocycles. The monoisotopic (exact) mass is 480 g/mol. The van der Waals surface area contributed by atoms with Crippen LogP contribution in [-0.4, -0.2) is 21.4 Å². The molecule has 1 aromatic carbocycles. The highest BCUT2D eigenvalue weighted by Gasteiger charge is 2.41. The number of nitrogens with zero attached hydrogens (tertiary/aromatic N) is 2. The fourth-order valence-corrected chi connectivity index (χ4v) is 3.97. The number of hydrogen-bond donors (Lipinski definition) is 2. The number of hydrogen-bond acceptors (Lipinski definition) is 2. The molecule has 1 aliphatic rings. The highest BCUT2D eigenvalue weighted by molar-refractivity contribution is 9.10. The van der Waals surface area contributed by atoms with Gasteiger partial charge in [0.25, 0.3) is 0 Å². The van der Waals surface area contributed by atoms with E-state index in [4.69, 9.17) is 23.8 Å². The molecule has 2 aromatic rings. The summed E-state index contributed by atoms with van der Waals surface area (Å²) in [5.74, 6) is 0.154. The maximum Gasteiger partial charge on any atom is 0.436 e. The summed E-state index contributed by atoms with van der Waals surface area (Å²) in [5.41, 5.74) is 0.555. The highest BCUT2D eigenvalue weighted by Crippen LogP contribution is 2.46. The Kier molecular flexibility index (Phi) is 6.32. The molecular formula is C17H17BrClF3N4S. The standard InChI is InChI=1S/C17H17BrClF3N4S/c18-13-14(10-5-6-10)26(25-15(13)17(20,21)22)8-2-7-23-16(27)24-12-4-1-3-11(19)9-12/h1,3-4,9-10H,2,5-8H2,(H2,23,24,27). The van der Waals surface area contributed by atoms with Crippen LogP contribution in [-0.2, 0) is 12.7 Å². The van der Waals surface area contributed by atoms with Gasteiger partial charge in [-0.05, 0) is 65.6 Å².